The number of hydrogen-bond donors (Lipinski definition) is 2. The normalized spacial score (nSPS) is 18.0. The lowest BCUT2D eigenvalue weighted by atomic mass is 9.63. The summed E-state index contributed by atoms with van der Waals surface area (Å²) in [6.07, 6.45) is 7.32. The Bertz CT molecular complexity index is 608. The lowest BCUT2D eigenvalue weighted by Crippen LogP contribution is -2.45. The quantitative estimate of drug-likeness (QED) is 0.862. The van der Waals surface area contributed by atoms with Crippen molar-refractivity contribution in [3.63, 3.8) is 0 Å². The fourth-order valence-electron chi connectivity index (χ4n) is 3.37. The van der Waals surface area contributed by atoms with E-state index in [1.165, 1.54) is 23.1 Å². The molecule has 3 rings (SSSR count). The van der Waals surface area contributed by atoms with Crippen molar-refractivity contribution >= 4 is 0 Å². The topological polar surface area (TPSA) is 50.1 Å². The molecule has 0 radical (unpaired) electrons. The highest BCUT2D eigenvalue weighted by atomic mass is 16.3. The van der Waals surface area contributed by atoms with Crippen molar-refractivity contribution in [2.24, 2.45) is 12.5 Å². The van der Waals surface area contributed by atoms with Crippen LogP contribution in [0.4, 0.5) is 0 Å². The Morgan fingerprint density at radius 1 is 1.32 bits per heavy atom. The lowest BCUT2D eigenvalue weighted by molar-refractivity contribution is 0.00457. The summed E-state index contributed by atoms with van der Waals surface area (Å²) in [5, 5.41) is 17.9. The van der Waals surface area contributed by atoms with Gasteiger partial charge >= 0.3 is 0 Å². The van der Waals surface area contributed by atoms with E-state index in [-0.39, 0.29) is 18.1 Å². The van der Waals surface area contributed by atoms with E-state index >= 15 is 0 Å². The molecule has 0 saturated heterocycles. The molecule has 1 aliphatic carbocycles. The molecule has 2 N–H and O–H groups in total. The first-order chi connectivity index (χ1) is 10.6. The maximum atomic E-state index is 9.94. The van der Waals surface area contributed by atoms with Crippen LogP contribution in [-0.2, 0) is 13.6 Å². The third kappa shape index (κ3) is 2.94. The summed E-state index contributed by atoms with van der Waals surface area (Å²) in [7, 11) is 1.94. The van der Waals surface area contributed by atoms with Crippen molar-refractivity contribution in [1.29, 1.82) is 0 Å². The van der Waals surface area contributed by atoms with E-state index in [1.54, 1.807) is 0 Å². The van der Waals surface area contributed by atoms with Gasteiger partial charge in [0.25, 0.3) is 0 Å². The molecule has 1 aromatic heterocycles. The Kier molecular flexibility index (Phi) is 4.32. The van der Waals surface area contributed by atoms with Crippen molar-refractivity contribution in [2.45, 2.75) is 38.8 Å². The van der Waals surface area contributed by atoms with E-state index in [4.69, 9.17) is 0 Å². The van der Waals surface area contributed by atoms with Crippen LogP contribution in [-0.4, -0.2) is 21.5 Å². The monoisotopic (exact) mass is 299 g/mol. The molecule has 1 unspecified atom stereocenters. The zero-order valence-corrected chi connectivity index (χ0v) is 13.4. The van der Waals surface area contributed by atoms with Gasteiger partial charge in [-0.05, 0) is 25.3 Å². The summed E-state index contributed by atoms with van der Waals surface area (Å²) < 4.78 is 1.83. The van der Waals surface area contributed by atoms with Crippen molar-refractivity contribution in [3.8, 4) is 0 Å². The van der Waals surface area contributed by atoms with Gasteiger partial charge < -0.3 is 10.4 Å². The summed E-state index contributed by atoms with van der Waals surface area (Å²) in [6, 6.07) is 8.76. The van der Waals surface area contributed by atoms with Gasteiger partial charge in [-0.3, -0.25) is 4.68 Å². The highest BCUT2D eigenvalue weighted by Gasteiger charge is 2.44. The van der Waals surface area contributed by atoms with Gasteiger partial charge in [0.05, 0.1) is 12.8 Å². The highest BCUT2D eigenvalue weighted by Crippen LogP contribution is 2.49. The van der Waals surface area contributed by atoms with Crippen molar-refractivity contribution in [3.05, 3.63) is 53.3 Å². The predicted octanol–water partition coefficient (Wildman–Crippen LogP) is 2.72. The molecule has 1 aliphatic rings. The first-order valence-electron chi connectivity index (χ1n) is 8.01. The van der Waals surface area contributed by atoms with Crippen LogP contribution in [0.1, 0.15) is 42.0 Å². The zero-order chi connectivity index (χ0) is 15.6. The van der Waals surface area contributed by atoms with E-state index in [1.807, 2.05) is 17.9 Å². The van der Waals surface area contributed by atoms with Crippen LogP contribution >= 0.6 is 0 Å². The highest BCUT2D eigenvalue weighted by molar-refractivity contribution is 5.22. The minimum absolute atomic E-state index is 0.0340. The third-order valence-corrected chi connectivity index (χ3v) is 4.97. The number of nitrogens with zero attached hydrogens (tertiary/aromatic N) is 2. The smallest absolute Gasteiger partial charge is 0.0537 e. The van der Waals surface area contributed by atoms with Crippen LogP contribution < -0.4 is 5.32 Å². The zero-order valence-electron chi connectivity index (χ0n) is 13.4. The van der Waals surface area contributed by atoms with Gasteiger partial charge in [-0.15, -0.1) is 0 Å². The maximum absolute atomic E-state index is 9.94. The van der Waals surface area contributed by atoms with Gasteiger partial charge in [0.15, 0.2) is 0 Å². The van der Waals surface area contributed by atoms with Gasteiger partial charge in [-0.25, -0.2) is 0 Å². The SMILES string of the molecule is Cc1ccc(CNC(c2cnn(C)c2)C2(CO)CCC2)cc1. The molecule has 0 bridgehead atoms. The molecule has 1 aromatic carbocycles. The Balaban J connectivity index is 1.78. The predicted molar refractivity (Wildman–Crippen MR) is 87.3 cm³/mol. The second-order valence-corrected chi connectivity index (χ2v) is 6.62. The van der Waals surface area contributed by atoms with Crippen molar-refractivity contribution in [1.82, 2.24) is 15.1 Å². The van der Waals surface area contributed by atoms with E-state index in [2.05, 4.69) is 47.8 Å². The standard InChI is InChI=1S/C18H25N3O/c1-14-4-6-15(7-5-14)10-19-17(16-11-20-21(2)12-16)18(13-22)8-3-9-18/h4-7,11-12,17,19,22H,3,8-10,13H2,1-2H3. The fraction of sp³-hybridized carbons (Fsp3) is 0.500. The molecule has 1 atom stereocenters. The molecule has 0 spiro atoms. The number of aliphatic hydroxyl groups excluding tert-OH is 1. The number of aromatic nitrogens is 2. The number of aryl methyl sites for hydroxylation is 2. The summed E-state index contributed by atoms with van der Waals surface area (Å²) >= 11 is 0. The third-order valence-electron chi connectivity index (χ3n) is 4.97. The molecule has 0 amide bonds. The average Bonchev–Trinajstić information content (AvgIpc) is 2.89. The van der Waals surface area contributed by atoms with Crippen LogP contribution in [0.5, 0.6) is 0 Å². The van der Waals surface area contributed by atoms with Crippen LogP contribution in [0.15, 0.2) is 36.7 Å². The minimum Gasteiger partial charge on any atom is -0.396 e. The number of benzene rings is 1. The maximum Gasteiger partial charge on any atom is 0.0537 e. The molecule has 1 heterocycles. The van der Waals surface area contributed by atoms with Gasteiger partial charge in [0.1, 0.15) is 0 Å². The number of rotatable bonds is 6. The van der Waals surface area contributed by atoms with E-state index in [0.717, 1.165) is 19.4 Å². The molecule has 22 heavy (non-hydrogen) atoms. The fourth-order valence-corrected chi connectivity index (χ4v) is 3.37. The lowest BCUT2D eigenvalue weighted by Gasteiger charge is -2.46. The minimum atomic E-state index is -0.0340. The van der Waals surface area contributed by atoms with E-state index < -0.39 is 0 Å². The Labute approximate surface area is 132 Å². The molecule has 118 valence electrons. The van der Waals surface area contributed by atoms with Gasteiger partial charge in [-0.2, -0.15) is 5.10 Å². The van der Waals surface area contributed by atoms with Crippen molar-refractivity contribution < 1.29 is 5.11 Å². The molecule has 4 heteroatoms. The Morgan fingerprint density at radius 2 is 2.05 bits per heavy atom. The van der Waals surface area contributed by atoms with Crippen LogP contribution in [0, 0.1) is 12.3 Å². The van der Waals surface area contributed by atoms with Crippen LogP contribution in [0.2, 0.25) is 0 Å². The summed E-state index contributed by atoms with van der Waals surface area (Å²) in [4.78, 5) is 0. The van der Waals surface area contributed by atoms with Gasteiger partial charge in [-0.1, -0.05) is 36.2 Å². The Hall–Kier alpha value is -1.65. The Morgan fingerprint density at radius 3 is 2.55 bits per heavy atom. The number of aliphatic hydroxyl groups is 1. The van der Waals surface area contributed by atoms with Gasteiger partial charge in [0.2, 0.25) is 0 Å². The summed E-state index contributed by atoms with van der Waals surface area (Å²) in [5.41, 5.74) is 3.68. The average molecular weight is 299 g/mol. The first-order valence-corrected chi connectivity index (χ1v) is 8.01. The summed E-state index contributed by atoms with van der Waals surface area (Å²) in [6.45, 7) is 3.14. The second-order valence-electron chi connectivity index (χ2n) is 6.62. The van der Waals surface area contributed by atoms with Crippen LogP contribution in [0.3, 0.4) is 0 Å². The van der Waals surface area contributed by atoms with Gasteiger partial charge in [0, 0.05) is 36.8 Å². The molecule has 1 fully saturated rings. The number of hydrogen-bond acceptors (Lipinski definition) is 3. The van der Waals surface area contributed by atoms with E-state index in [9.17, 15) is 5.11 Å². The molecular weight excluding hydrogens is 274 g/mol. The van der Waals surface area contributed by atoms with E-state index in [0.29, 0.717) is 0 Å². The first kappa shape index (κ1) is 15.3. The molecular formula is C18H25N3O. The molecule has 2 aromatic rings. The molecule has 1 saturated carbocycles. The number of nitrogens with one attached hydrogen (secondary N) is 1. The molecule has 4 nitrogen and oxygen atoms in total. The van der Waals surface area contributed by atoms with Crippen molar-refractivity contribution in [2.75, 3.05) is 6.61 Å². The molecule has 0 aliphatic heterocycles. The second kappa shape index (κ2) is 6.23. The summed E-state index contributed by atoms with van der Waals surface area (Å²) in [5.74, 6) is 0. The largest absolute Gasteiger partial charge is 0.396 e. The van der Waals surface area contributed by atoms with Crippen LogP contribution in [0.25, 0.3) is 0 Å².